The average molecular weight is 1180 g/mol. The molecule has 12 amide bonds. The zero-order valence-corrected chi connectivity index (χ0v) is 48.9. The summed E-state index contributed by atoms with van der Waals surface area (Å²) in [4.78, 5) is 177. The van der Waals surface area contributed by atoms with Gasteiger partial charge in [0, 0.05) is 43.4 Å². The molecule has 0 bridgehead atoms. The van der Waals surface area contributed by atoms with E-state index in [1.807, 2.05) is 18.2 Å². The number of aromatic amines is 1. The summed E-state index contributed by atoms with van der Waals surface area (Å²) in [6.07, 6.45) is 1.39. The maximum atomic E-state index is 14.4. The predicted molar refractivity (Wildman–Crippen MR) is 306 cm³/mol. The number of nitrogens with zero attached hydrogens (tertiary/aromatic N) is 1. The van der Waals surface area contributed by atoms with Crippen LogP contribution in [0.5, 0.6) is 0 Å². The first-order chi connectivity index (χ1) is 39.6. The van der Waals surface area contributed by atoms with Crippen LogP contribution in [0.25, 0.3) is 10.9 Å². The maximum Gasteiger partial charge on any atom is 0.303 e. The second-order valence-electron chi connectivity index (χ2n) is 21.7. The molecule has 84 heavy (non-hydrogen) atoms. The monoisotopic (exact) mass is 1180 g/mol. The molecule has 10 atom stereocenters. The van der Waals surface area contributed by atoms with Crippen molar-refractivity contribution >= 4 is 87.8 Å². The number of para-hydroxylation sites is 1. The van der Waals surface area contributed by atoms with Crippen LogP contribution >= 0.6 is 0 Å². The molecule has 19 N–H and O–H groups in total. The van der Waals surface area contributed by atoms with Gasteiger partial charge < -0.3 is 85.8 Å². The van der Waals surface area contributed by atoms with E-state index >= 15 is 0 Å². The van der Waals surface area contributed by atoms with Gasteiger partial charge in [0.25, 0.3) is 0 Å². The van der Waals surface area contributed by atoms with E-state index in [-0.39, 0.29) is 64.1 Å². The van der Waals surface area contributed by atoms with E-state index in [0.717, 1.165) is 15.8 Å². The Morgan fingerprint density at radius 1 is 0.595 bits per heavy atom. The minimum atomic E-state index is -1.66. The zero-order chi connectivity index (χ0) is 63.0. The number of nitrogens with two attached hydrogens (primary N) is 4. The van der Waals surface area contributed by atoms with Gasteiger partial charge in [-0.1, -0.05) is 45.9 Å². The second-order valence-corrected chi connectivity index (χ2v) is 21.7. The lowest BCUT2D eigenvalue weighted by Gasteiger charge is -2.30. The molecule has 2 aromatic rings. The lowest BCUT2D eigenvalue weighted by atomic mass is 10.00. The van der Waals surface area contributed by atoms with Gasteiger partial charge >= 0.3 is 5.97 Å². The molecule has 29 heteroatoms. The number of hydrogen-bond donors (Lipinski definition) is 15. The lowest BCUT2D eigenvalue weighted by Crippen LogP contribution is -2.60. The zero-order valence-electron chi connectivity index (χ0n) is 48.9. The number of H-pyrrole nitrogens is 1. The Labute approximate surface area is 487 Å². The average Bonchev–Trinajstić information content (AvgIpc) is 4.17. The number of fused-ring (bicyclic) bond motifs is 1. The van der Waals surface area contributed by atoms with Crippen LogP contribution in [0.1, 0.15) is 125 Å². The first kappa shape index (κ1) is 70.1. The van der Waals surface area contributed by atoms with Crippen molar-refractivity contribution in [2.45, 2.75) is 186 Å². The SMILES string of the molecule is CC(=O)N[C@H](C(=O)N[C@@H](C)C(=O)N[C@@H](C)C(=O)N[C@@H](CC(N)=O)C(=O)N1CCC[C@H]1C(=O)N[C@@H](CCC(=O)O)C(=O)N[C@@H](CCCCN)C(=O)N[C@@H](CCCCN)C(=O)N[C@@H](Cc1c[nH]c2ccccc12)C(=O)N[C@H](C(N)=O)C(C)C)C(C)C. The summed E-state index contributed by atoms with van der Waals surface area (Å²) in [6, 6.07) is -5.99. The highest BCUT2D eigenvalue weighted by atomic mass is 16.4. The van der Waals surface area contributed by atoms with Crippen LogP contribution in [0.15, 0.2) is 30.5 Å². The van der Waals surface area contributed by atoms with Gasteiger partial charge in [0.05, 0.1) is 6.42 Å². The van der Waals surface area contributed by atoms with Gasteiger partial charge in [0.2, 0.25) is 70.9 Å². The molecule has 1 aliphatic rings. The van der Waals surface area contributed by atoms with Crippen LogP contribution in [-0.2, 0) is 68.7 Å². The van der Waals surface area contributed by atoms with Crippen LogP contribution in [0.2, 0.25) is 0 Å². The first-order valence-electron chi connectivity index (χ1n) is 28.3. The Hall–Kier alpha value is -8.21. The number of primary amides is 2. The van der Waals surface area contributed by atoms with Crippen molar-refractivity contribution in [3.8, 4) is 0 Å². The molecule has 1 aromatic heterocycles. The number of hydrogen-bond acceptors (Lipinski definition) is 15. The van der Waals surface area contributed by atoms with Crippen LogP contribution in [0.4, 0.5) is 0 Å². The molecule has 3 rings (SSSR count). The third-order valence-electron chi connectivity index (χ3n) is 14.1. The largest absolute Gasteiger partial charge is 0.481 e. The number of carboxylic acid groups (broad SMARTS) is 1. The van der Waals surface area contributed by atoms with Gasteiger partial charge in [-0.3, -0.25) is 62.3 Å². The van der Waals surface area contributed by atoms with Gasteiger partial charge in [-0.15, -0.1) is 0 Å². The van der Waals surface area contributed by atoms with E-state index in [0.29, 0.717) is 24.8 Å². The third-order valence-corrected chi connectivity index (χ3v) is 14.1. The van der Waals surface area contributed by atoms with Crippen molar-refractivity contribution in [1.29, 1.82) is 0 Å². The Bertz CT molecular complexity index is 2660. The first-order valence-corrected chi connectivity index (χ1v) is 28.3. The van der Waals surface area contributed by atoms with E-state index in [1.165, 1.54) is 20.8 Å². The van der Waals surface area contributed by atoms with E-state index in [1.54, 1.807) is 40.0 Å². The van der Waals surface area contributed by atoms with E-state index in [2.05, 4.69) is 52.8 Å². The summed E-state index contributed by atoms with van der Waals surface area (Å²) in [6.45, 7) is 11.0. The molecule has 1 aromatic carbocycles. The van der Waals surface area contributed by atoms with Gasteiger partial charge in [0.15, 0.2) is 0 Å². The van der Waals surface area contributed by atoms with Crippen molar-refractivity contribution in [2.24, 2.45) is 34.8 Å². The second kappa shape index (κ2) is 34.4. The number of unbranched alkanes of at least 4 members (excludes halogenated alkanes) is 2. The fourth-order valence-electron chi connectivity index (χ4n) is 9.42. The number of likely N-dealkylation sites (tertiary alicyclic amines) is 1. The van der Waals surface area contributed by atoms with Gasteiger partial charge in [-0.25, -0.2) is 0 Å². The Kier molecular flexibility index (Phi) is 28.7. The van der Waals surface area contributed by atoms with Crippen molar-refractivity contribution in [3.05, 3.63) is 36.0 Å². The molecule has 0 saturated carbocycles. The molecule has 0 unspecified atom stereocenters. The fraction of sp³-hybridized carbons (Fsp3) is 0.618. The Morgan fingerprint density at radius 3 is 1.61 bits per heavy atom. The van der Waals surface area contributed by atoms with Crippen LogP contribution in [0, 0.1) is 11.8 Å². The summed E-state index contributed by atoms with van der Waals surface area (Å²) >= 11 is 0. The predicted octanol–water partition coefficient (Wildman–Crippen LogP) is -3.08. The molecule has 0 spiro atoms. The number of aliphatic carboxylic acids is 1. The summed E-state index contributed by atoms with van der Waals surface area (Å²) in [5, 5.41) is 33.5. The highest BCUT2D eigenvalue weighted by molar-refractivity contribution is 6.00. The Balaban J connectivity index is 1.86. The lowest BCUT2D eigenvalue weighted by molar-refractivity contribution is -0.143. The summed E-state index contributed by atoms with van der Waals surface area (Å²) < 4.78 is 0. The highest BCUT2D eigenvalue weighted by Crippen LogP contribution is 2.22. The van der Waals surface area contributed by atoms with Crippen molar-refractivity contribution in [1.82, 2.24) is 57.7 Å². The number of aromatic nitrogens is 1. The summed E-state index contributed by atoms with van der Waals surface area (Å²) in [5.41, 5.74) is 24.1. The van der Waals surface area contributed by atoms with Crippen LogP contribution in [-0.4, -0.2) is 172 Å². The molecular weight excluding hydrogens is 1090 g/mol. The Morgan fingerprint density at radius 2 is 1.10 bits per heavy atom. The van der Waals surface area contributed by atoms with Gasteiger partial charge in [-0.2, -0.15) is 0 Å². The fourth-order valence-corrected chi connectivity index (χ4v) is 9.42. The van der Waals surface area contributed by atoms with E-state index < -0.39 is 162 Å². The van der Waals surface area contributed by atoms with Crippen molar-refractivity contribution in [2.75, 3.05) is 19.6 Å². The van der Waals surface area contributed by atoms with Crippen LogP contribution < -0.4 is 70.8 Å². The molecule has 1 aliphatic heterocycles. The standard InChI is InChI=1S/C55H87N15O14/c1-28(2)44(46(59)75)69-52(81)39(25-33-27-60-35-16-9-8-15-34(33)35)67-50(79)37(18-11-13-23-57)64-49(78)36(17-10-12-22-56)65-51(80)38(20-21-43(73)74)66-53(82)41-19-14-24-70(41)55(84)40(26-42(58)72)68-48(77)31(6)61-47(76)30(5)62-54(83)45(29(3)4)63-32(7)71/h8-9,15-16,27-31,36-41,44-45,60H,10-14,17-26,56-57H2,1-7H3,(H2,58,72)(H2,59,75)(H,61,76)(H,62,83)(H,63,71)(H,64,78)(H,65,80)(H,66,82)(H,67,79)(H,68,77)(H,69,81)(H,73,74)/t30-,31-,36-,37-,38-,39-,40-,41-,44-,45-/m0/s1. The number of carbonyl (C=O) groups excluding carboxylic acids is 12. The van der Waals surface area contributed by atoms with Gasteiger partial charge in [0.1, 0.15) is 60.4 Å². The number of rotatable bonds is 36. The van der Waals surface area contributed by atoms with E-state index in [9.17, 15) is 67.4 Å². The number of nitrogens with one attached hydrogen (secondary N) is 10. The normalized spacial score (nSPS) is 16.3. The highest BCUT2D eigenvalue weighted by Gasteiger charge is 2.41. The smallest absolute Gasteiger partial charge is 0.303 e. The number of amides is 12. The minimum absolute atomic E-state index is 0.0171. The number of carbonyl (C=O) groups is 13. The number of carboxylic acids is 1. The van der Waals surface area contributed by atoms with E-state index in [4.69, 9.17) is 22.9 Å². The summed E-state index contributed by atoms with van der Waals surface area (Å²) in [7, 11) is 0. The molecule has 1 saturated heterocycles. The number of benzene rings is 1. The quantitative estimate of drug-likeness (QED) is 0.0301. The molecule has 0 radical (unpaired) electrons. The van der Waals surface area contributed by atoms with Crippen LogP contribution in [0.3, 0.4) is 0 Å². The molecule has 466 valence electrons. The molecular formula is C55H87N15O14. The van der Waals surface area contributed by atoms with Gasteiger partial charge in [-0.05, 0) is 108 Å². The molecule has 0 aliphatic carbocycles. The summed E-state index contributed by atoms with van der Waals surface area (Å²) in [5.74, 6) is -12.0. The van der Waals surface area contributed by atoms with Crippen molar-refractivity contribution < 1.29 is 67.4 Å². The maximum absolute atomic E-state index is 14.4. The molecule has 2 heterocycles. The topological polar surface area (TPSA) is 474 Å². The van der Waals surface area contributed by atoms with Crippen molar-refractivity contribution in [3.63, 3.8) is 0 Å². The third kappa shape index (κ3) is 22.2. The molecule has 1 fully saturated rings. The molecule has 29 nitrogen and oxygen atoms in total. The minimum Gasteiger partial charge on any atom is -0.481 e.